The number of carbonyl (C=O) groups excluding carboxylic acids is 1. The summed E-state index contributed by atoms with van der Waals surface area (Å²) in [6.07, 6.45) is 1.06. The molecule has 94 valence electrons. The Morgan fingerprint density at radius 3 is 2.71 bits per heavy atom. The van der Waals surface area contributed by atoms with E-state index in [2.05, 4.69) is 5.32 Å². The van der Waals surface area contributed by atoms with Crippen LogP contribution in [0.3, 0.4) is 0 Å². The van der Waals surface area contributed by atoms with Crippen molar-refractivity contribution in [2.24, 2.45) is 0 Å². The molecule has 0 aliphatic heterocycles. The summed E-state index contributed by atoms with van der Waals surface area (Å²) in [6, 6.07) is 3.62. The van der Waals surface area contributed by atoms with Crippen LogP contribution >= 0.6 is 0 Å². The molecule has 0 unspecified atom stereocenters. The summed E-state index contributed by atoms with van der Waals surface area (Å²) in [7, 11) is -3.15. The van der Waals surface area contributed by atoms with Crippen molar-refractivity contribution in [3.63, 3.8) is 0 Å². The predicted molar refractivity (Wildman–Crippen MR) is 62.9 cm³/mol. The predicted octanol–water partition coefficient (Wildman–Crippen LogP) is 0.182. The first-order valence-electron chi connectivity index (χ1n) is 4.80. The van der Waals surface area contributed by atoms with Crippen LogP contribution in [0.25, 0.3) is 0 Å². The summed E-state index contributed by atoms with van der Waals surface area (Å²) >= 11 is 0. The maximum atomic E-state index is 13.2. The van der Waals surface area contributed by atoms with Crippen LogP contribution in [-0.4, -0.2) is 32.9 Å². The molecule has 0 heterocycles. The number of amides is 1. The zero-order chi connectivity index (χ0) is 13.1. The second-order valence-electron chi connectivity index (χ2n) is 3.63. The third kappa shape index (κ3) is 4.39. The highest BCUT2D eigenvalue weighted by Crippen LogP contribution is 2.11. The number of sulfone groups is 1. The second kappa shape index (κ2) is 5.13. The second-order valence-corrected chi connectivity index (χ2v) is 5.88. The number of nitrogens with one attached hydrogen (secondary N) is 1. The van der Waals surface area contributed by atoms with Gasteiger partial charge >= 0.3 is 0 Å². The van der Waals surface area contributed by atoms with Crippen LogP contribution in [0.2, 0.25) is 0 Å². The fraction of sp³-hybridized carbons (Fsp3) is 0.300. The van der Waals surface area contributed by atoms with Crippen molar-refractivity contribution >= 4 is 21.4 Å². The Kier molecular flexibility index (Phi) is 4.06. The van der Waals surface area contributed by atoms with Gasteiger partial charge in [0.05, 0.1) is 11.3 Å². The van der Waals surface area contributed by atoms with E-state index in [4.69, 9.17) is 5.73 Å². The van der Waals surface area contributed by atoms with E-state index in [1.165, 1.54) is 12.1 Å². The third-order valence-corrected chi connectivity index (χ3v) is 2.94. The maximum absolute atomic E-state index is 13.2. The van der Waals surface area contributed by atoms with Gasteiger partial charge in [0, 0.05) is 18.5 Å². The normalized spacial score (nSPS) is 11.2. The number of halogens is 1. The number of nitrogen functional groups attached to an aromatic ring is 1. The molecule has 5 nitrogen and oxygen atoms in total. The molecule has 0 aliphatic carbocycles. The molecule has 17 heavy (non-hydrogen) atoms. The van der Waals surface area contributed by atoms with Crippen molar-refractivity contribution < 1.29 is 17.6 Å². The number of anilines is 1. The minimum atomic E-state index is -3.15. The average molecular weight is 260 g/mol. The number of hydrogen-bond donors (Lipinski definition) is 2. The van der Waals surface area contributed by atoms with Gasteiger partial charge in [0.1, 0.15) is 15.7 Å². The van der Waals surface area contributed by atoms with Crippen LogP contribution in [0.5, 0.6) is 0 Å². The highest BCUT2D eigenvalue weighted by molar-refractivity contribution is 7.90. The van der Waals surface area contributed by atoms with Crippen molar-refractivity contribution in [2.45, 2.75) is 0 Å². The van der Waals surface area contributed by atoms with Crippen molar-refractivity contribution in [3.05, 3.63) is 29.6 Å². The lowest BCUT2D eigenvalue weighted by Gasteiger charge is -2.06. The van der Waals surface area contributed by atoms with Crippen LogP contribution in [0.15, 0.2) is 18.2 Å². The number of carbonyl (C=O) groups is 1. The molecule has 0 fully saturated rings. The van der Waals surface area contributed by atoms with E-state index in [1.54, 1.807) is 0 Å². The Labute approximate surface area is 98.7 Å². The van der Waals surface area contributed by atoms with Gasteiger partial charge in [0.2, 0.25) is 0 Å². The molecule has 1 amide bonds. The summed E-state index contributed by atoms with van der Waals surface area (Å²) in [5.74, 6) is -1.57. The van der Waals surface area contributed by atoms with E-state index in [1.807, 2.05) is 0 Å². The SMILES string of the molecule is CS(=O)(=O)CCNC(=O)c1cc(N)ccc1F. The average Bonchev–Trinajstić information content (AvgIpc) is 2.19. The van der Waals surface area contributed by atoms with Gasteiger partial charge in [0.25, 0.3) is 5.91 Å². The summed E-state index contributed by atoms with van der Waals surface area (Å²) in [5.41, 5.74) is 5.49. The van der Waals surface area contributed by atoms with Crippen LogP contribution in [0.1, 0.15) is 10.4 Å². The van der Waals surface area contributed by atoms with E-state index in [9.17, 15) is 17.6 Å². The standard InChI is InChI=1S/C10H13FN2O3S/c1-17(15,16)5-4-13-10(14)8-6-7(12)2-3-9(8)11/h2-3,6H,4-5,12H2,1H3,(H,13,14). The van der Waals surface area contributed by atoms with E-state index in [0.29, 0.717) is 0 Å². The summed E-state index contributed by atoms with van der Waals surface area (Å²) in [6.45, 7) is -0.0636. The van der Waals surface area contributed by atoms with Gasteiger partial charge in [-0.05, 0) is 18.2 Å². The molecule has 0 spiro atoms. The molecular formula is C10H13FN2O3S. The lowest BCUT2D eigenvalue weighted by Crippen LogP contribution is -2.29. The molecule has 0 saturated carbocycles. The highest BCUT2D eigenvalue weighted by Gasteiger charge is 2.12. The van der Waals surface area contributed by atoms with E-state index in [0.717, 1.165) is 12.3 Å². The molecule has 1 aromatic rings. The Bertz CT molecular complexity index is 528. The molecule has 0 bridgehead atoms. The number of hydrogen-bond acceptors (Lipinski definition) is 4. The maximum Gasteiger partial charge on any atom is 0.254 e. The minimum absolute atomic E-state index is 0.0636. The summed E-state index contributed by atoms with van der Waals surface area (Å²) in [5, 5.41) is 2.31. The van der Waals surface area contributed by atoms with E-state index < -0.39 is 21.6 Å². The van der Waals surface area contributed by atoms with Crippen molar-refractivity contribution in [2.75, 3.05) is 24.3 Å². The van der Waals surface area contributed by atoms with Crippen LogP contribution < -0.4 is 11.1 Å². The topological polar surface area (TPSA) is 89.3 Å². The smallest absolute Gasteiger partial charge is 0.254 e. The molecule has 0 aliphatic rings. The van der Waals surface area contributed by atoms with Gasteiger partial charge < -0.3 is 11.1 Å². The Balaban J connectivity index is 2.67. The number of rotatable bonds is 4. The minimum Gasteiger partial charge on any atom is -0.399 e. The Morgan fingerprint density at radius 1 is 1.47 bits per heavy atom. The first-order chi connectivity index (χ1) is 7.79. The van der Waals surface area contributed by atoms with Gasteiger partial charge in [-0.1, -0.05) is 0 Å². The fourth-order valence-corrected chi connectivity index (χ4v) is 1.63. The third-order valence-electron chi connectivity index (χ3n) is 1.99. The first kappa shape index (κ1) is 13.4. The van der Waals surface area contributed by atoms with Crippen molar-refractivity contribution in [1.29, 1.82) is 0 Å². The summed E-state index contributed by atoms with van der Waals surface area (Å²) < 4.78 is 34.9. The van der Waals surface area contributed by atoms with Crippen LogP contribution in [-0.2, 0) is 9.84 Å². The lowest BCUT2D eigenvalue weighted by molar-refractivity contribution is 0.0952. The van der Waals surface area contributed by atoms with Crippen LogP contribution in [0.4, 0.5) is 10.1 Å². The first-order valence-corrected chi connectivity index (χ1v) is 6.86. The van der Waals surface area contributed by atoms with Crippen molar-refractivity contribution in [1.82, 2.24) is 5.32 Å². The zero-order valence-corrected chi connectivity index (χ0v) is 10.1. The highest BCUT2D eigenvalue weighted by atomic mass is 32.2. The van der Waals surface area contributed by atoms with E-state index in [-0.39, 0.29) is 23.5 Å². The monoisotopic (exact) mass is 260 g/mol. The number of benzene rings is 1. The van der Waals surface area contributed by atoms with Crippen molar-refractivity contribution in [3.8, 4) is 0 Å². The summed E-state index contributed by atoms with van der Waals surface area (Å²) in [4.78, 5) is 11.5. The van der Waals surface area contributed by atoms with Gasteiger partial charge in [0.15, 0.2) is 0 Å². The van der Waals surface area contributed by atoms with Gasteiger partial charge in [-0.25, -0.2) is 12.8 Å². The molecule has 0 saturated heterocycles. The molecule has 1 aromatic carbocycles. The Morgan fingerprint density at radius 2 is 2.12 bits per heavy atom. The molecule has 0 radical (unpaired) electrons. The largest absolute Gasteiger partial charge is 0.399 e. The Hall–Kier alpha value is -1.63. The number of nitrogens with two attached hydrogens (primary N) is 1. The molecular weight excluding hydrogens is 247 g/mol. The molecule has 3 N–H and O–H groups in total. The van der Waals surface area contributed by atoms with Gasteiger partial charge in [-0.15, -0.1) is 0 Å². The van der Waals surface area contributed by atoms with Gasteiger partial charge in [-0.2, -0.15) is 0 Å². The molecule has 0 aromatic heterocycles. The van der Waals surface area contributed by atoms with Gasteiger partial charge in [-0.3, -0.25) is 4.79 Å². The zero-order valence-electron chi connectivity index (χ0n) is 9.23. The lowest BCUT2D eigenvalue weighted by atomic mass is 10.2. The molecule has 0 atom stereocenters. The fourth-order valence-electron chi connectivity index (χ4n) is 1.16. The quantitative estimate of drug-likeness (QED) is 0.756. The molecule has 1 rings (SSSR count). The van der Waals surface area contributed by atoms with Crippen LogP contribution in [0, 0.1) is 5.82 Å². The molecule has 7 heteroatoms. The van der Waals surface area contributed by atoms with E-state index >= 15 is 0 Å².